The first-order valence-electron chi connectivity index (χ1n) is 6.88. The van der Waals surface area contributed by atoms with Gasteiger partial charge < -0.3 is 5.32 Å². The molecule has 0 spiro atoms. The van der Waals surface area contributed by atoms with E-state index in [1.54, 1.807) is 0 Å². The fourth-order valence-corrected chi connectivity index (χ4v) is 2.12. The molecule has 0 aliphatic heterocycles. The van der Waals surface area contributed by atoms with Gasteiger partial charge in [0.2, 0.25) is 0 Å². The van der Waals surface area contributed by atoms with Crippen LogP contribution in [0, 0.1) is 5.92 Å². The molecule has 0 amide bonds. The Morgan fingerprint density at radius 2 is 1.70 bits per heavy atom. The molecule has 1 aromatic carbocycles. The standard InChI is InChI=1S/C16H20BrN3/c1-12(2)8-18-9-14-10-19-16(20-11-14)7-13-3-5-15(17)6-4-13/h3-6,10-12,18H,7-9H2,1-2H3. The Kier molecular flexibility index (Phi) is 5.68. The predicted octanol–water partition coefficient (Wildman–Crippen LogP) is 3.58. The second kappa shape index (κ2) is 7.50. The molecule has 0 unspecified atom stereocenters. The Labute approximate surface area is 129 Å². The van der Waals surface area contributed by atoms with Crippen LogP contribution in [-0.4, -0.2) is 16.5 Å². The van der Waals surface area contributed by atoms with Crippen LogP contribution in [0.1, 0.15) is 30.8 Å². The third kappa shape index (κ3) is 5.02. The molecule has 0 aliphatic carbocycles. The molecule has 0 saturated carbocycles. The van der Waals surface area contributed by atoms with Gasteiger partial charge in [0.1, 0.15) is 5.82 Å². The summed E-state index contributed by atoms with van der Waals surface area (Å²) >= 11 is 3.44. The summed E-state index contributed by atoms with van der Waals surface area (Å²) in [6, 6.07) is 8.26. The molecule has 20 heavy (non-hydrogen) atoms. The van der Waals surface area contributed by atoms with Gasteiger partial charge in [-0.25, -0.2) is 9.97 Å². The highest BCUT2D eigenvalue weighted by Gasteiger charge is 2.01. The second-order valence-electron chi connectivity index (χ2n) is 5.34. The van der Waals surface area contributed by atoms with Crippen molar-refractivity contribution in [2.75, 3.05) is 6.54 Å². The van der Waals surface area contributed by atoms with E-state index in [0.717, 1.165) is 35.4 Å². The Morgan fingerprint density at radius 3 is 2.30 bits per heavy atom. The van der Waals surface area contributed by atoms with Crippen molar-refractivity contribution in [3.63, 3.8) is 0 Å². The third-order valence-corrected chi connectivity index (χ3v) is 3.44. The van der Waals surface area contributed by atoms with E-state index < -0.39 is 0 Å². The zero-order valence-electron chi connectivity index (χ0n) is 11.9. The second-order valence-corrected chi connectivity index (χ2v) is 6.25. The Bertz CT molecular complexity index is 520. The highest BCUT2D eigenvalue weighted by Crippen LogP contribution is 2.12. The summed E-state index contributed by atoms with van der Waals surface area (Å²) < 4.78 is 1.09. The monoisotopic (exact) mass is 333 g/mol. The van der Waals surface area contributed by atoms with Crippen molar-refractivity contribution in [3.8, 4) is 0 Å². The lowest BCUT2D eigenvalue weighted by Gasteiger charge is -2.07. The van der Waals surface area contributed by atoms with Crippen LogP contribution in [0.2, 0.25) is 0 Å². The Hall–Kier alpha value is -1.26. The number of hydrogen-bond donors (Lipinski definition) is 1. The molecular weight excluding hydrogens is 314 g/mol. The summed E-state index contributed by atoms with van der Waals surface area (Å²) in [5.41, 5.74) is 2.35. The first kappa shape index (κ1) is 15.1. The molecule has 0 saturated heterocycles. The maximum absolute atomic E-state index is 4.43. The van der Waals surface area contributed by atoms with Gasteiger partial charge in [0.05, 0.1) is 0 Å². The zero-order chi connectivity index (χ0) is 14.4. The molecule has 2 aromatic rings. The number of aromatic nitrogens is 2. The highest BCUT2D eigenvalue weighted by molar-refractivity contribution is 9.10. The van der Waals surface area contributed by atoms with Gasteiger partial charge in [0.25, 0.3) is 0 Å². The van der Waals surface area contributed by atoms with Crippen molar-refractivity contribution in [2.45, 2.75) is 26.8 Å². The van der Waals surface area contributed by atoms with Crippen LogP contribution >= 0.6 is 15.9 Å². The molecule has 3 nitrogen and oxygen atoms in total. The van der Waals surface area contributed by atoms with Crippen LogP contribution in [0.15, 0.2) is 41.1 Å². The van der Waals surface area contributed by atoms with Crippen molar-refractivity contribution in [3.05, 3.63) is 58.1 Å². The van der Waals surface area contributed by atoms with Crippen LogP contribution in [0.5, 0.6) is 0 Å². The molecule has 0 atom stereocenters. The van der Waals surface area contributed by atoms with Gasteiger partial charge in [-0.05, 0) is 30.2 Å². The number of hydrogen-bond acceptors (Lipinski definition) is 3. The zero-order valence-corrected chi connectivity index (χ0v) is 13.5. The summed E-state index contributed by atoms with van der Waals surface area (Å²) in [6.45, 7) is 6.24. The van der Waals surface area contributed by atoms with E-state index in [2.05, 4.69) is 57.2 Å². The van der Waals surface area contributed by atoms with Crippen molar-refractivity contribution in [1.29, 1.82) is 0 Å². The first-order valence-corrected chi connectivity index (χ1v) is 7.68. The average Bonchev–Trinajstić information content (AvgIpc) is 2.43. The number of nitrogens with zero attached hydrogens (tertiary/aromatic N) is 2. The van der Waals surface area contributed by atoms with Crippen LogP contribution in [0.4, 0.5) is 0 Å². The van der Waals surface area contributed by atoms with Crippen molar-refractivity contribution < 1.29 is 0 Å². The fraction of sp³-hybridized carbons (Fsp3) is 0.375. The van der Waals surface area contributed by atoms with Crippen LogP contribution < -0.4 is 5.32 Å². The number of benzene rings is 1. The van der Waals surface area contributed by atoms with Gasteiger partial charge in [0.15, 0.2) is 0 Å². The minimum atomic E-state index is 0.660. The molecule has 1 aromatic heterocycles. The molecular formula is C16H20BrN3. The lowest BCUT2D eigenvalue weighted by Crippen LogP contribution is -2.19. The number of nitrogens with one attached hydrogen (secondary N) is 1. The molecule has 1 heterocycles. The smallest absolute Gasteiger partial charge is 0.132 e. The van der Waals surface area contributed by atoms with Crippen LogP contribution in [0.25, 0.3) is 0 Å². The van der Waals surface area contributed by atoms with Gasteiger partial charge in [-0.3, -0.25) is 0 Å². The van der Waals surface area contributed by atoms with E-state index in [4.69, 9.17) is 0 Å². The van der Waals surface area contributed by atoms with Crippen molar-refractivity contribution in [1.82, 2.24) is 15.3 Å². The Morgan fingerprint density at radius 1 is 1.05 bits per heavy atom. The number of halogens is 1. The molecule has 0 bridgehead atoms. The molecule has 0 radical (unpaired) electrons. The quantitative estimate of drug-likeness (QED) is 0.877. The SMILES string of the molecule is CC(C)CNCc1cnc(Cc2ccc(Br)cc2)nc1. The average molecular weight is 334 g/mol. The minimum absolute atomic E-state index is 0.660. The lowest BCUT2D eigenvalue weighted by atomic mass is 10.1. The highest BCUT2D eigenvalue weighted by atomic mass is 79.9. The molecule has 0 fully saturated rings. The summed E-state index contributed by atoms with van der Waals surface area (Å²) in [7, 11) is 0. The summed E-state index contributed by atoms with van der Waals surface area (Å²) in [4.78, 5) is 8.86. The van der Waals surface area contributed by atoms with Gasteiger partial charge in [-0.1, -0.05) is 41.9 Å². The van der Waals surface area contributed by atoms with Gasteiger partial charge in [0, 0.05) is 35.4 Å². The maximum Gasteiger partial charge on any atom is 0.132 e. The molecule has 4 heteroatoms. The number of rotatable bonds is 6. The lowest BCUT2D eigenvalue weighted by molar-refractivity contribution is 0.551. The van der Waals surface area contributed by atoms with Gasteiger partial charge in [-0.15, -0.1) is 0 Å². The van der Waals surface area contributed by atoms with Gasteiger partial charge in [-0.2, -0.15) is 0 Å². The van der Waals surface area contributed by atoms with E-state index in [-0.39, 0.29) is 0 Å². The van der Waals surface area contributed by atoms with Crippen LogP contribution in [0.3, 0.4) is 0 Å². The van der Waals surface area contributed by atoms with Gasteiger partial charge >= 0.3 is 0 Å². The normalized spacial score (nSPS) is 11.0. The van der Waals surface area contributed by atoms with Crippen molar-refractivity contribution >= 4 is 15.9 Å². The fourth-order valence-electron chi connectivity index (χ4n) is 1.85. The molecule has 2 rings (SSSR count). The maximum atomic E-state index is 4.43. The van der Waals surface area contributed by atoms with E-state index in [1.807, 2.05) is 24.5 Å². The molecule has 106 valence electrons. The Balaban J connectivity index is 1.89. The third-order valence-electron chi connectivity index (χ3n) is 2.92. The van der Waals surface area contributed by atoms with E-state index in [0.29, 0.717) is 5.92 Å². The van der Waals surface area contributed by atoms with E-state index in [9.17, 15) is 0 Å². The summed E-state index contributed by atoms with van der Waals surface area (Å²) in [6.07, 6.45) is 4.59. The molecule has 0 aliphatic rings. The summed E-state index contributed by atoms with van der Waals surface area (Å²) in [5.74, 6) is 1.52. The molecule has 1 N–H and O–H groups in total. The van der Waals surface area contributed by atoms with E-state index >= 15 is 0 Å². The predicted molar refractivity (Wildman–Crippen MR) is 85.5 cm³/mol. The largest absolute Gasteiger partial charge is 0.312 e. The van der Waals surface area contributed by atoms with Crippen molar-refractivity contribution in [2.24, 2.45) is 5.92 Å². The van der Waals surface area contributed by atoms with Crippen LogP contribution in [-0.2, 0) is 13.0 Å². The summed E-state index contributed by atoms with van der Waals surface area (Å²) in [5, 5.41) is 3.39. The first-order chi connectivity index (χ1) is 9.63. The minimum Gasteiger partial charge on any atom is -0.312 e. The van der Waals surface area contributed by atoms with E-state index in [1.165, 1.54) is 5.56 Å². The topological polar surface area (TPSA) is 37.8 Å².